The molecule has 5 nitrogen and oxygen atoms in total. The van der Waals surface area contributed by atoms with E-state index in [0.717, 1.165) is 12.1 Å². The van der Waals surface area contributed by atoms with Crippen LogP contribution in [0.2, 0.25) is 0 Å². The Balaban J connectivity index is 2.19. The molecule has 108 valence electrons. The summed E-state index contributed by atoms with van der Waals surface area (Å²) in [5.41, 5.74) is 7.70. The molecule has 1 aliphatic heterocycles. The van der Waals surface area contributed by atoms with Crippen LogP contribution in [0.5, 0.6) is 0 Å². The zero-order valence-electron chi connectivity index (χ0n) is 12.0. The molecule has 20 heavy (non-hydrogen) atoms. The number of amides is 2. The summed E-state index contributed by atoms with van der Waals surface area (Å²) < 4.78 is 0. The first-order valence-corrected chi connectivity index (χ1v) is 6.87. The molecule has 2 rings (SSSR count). The van der Waals surface area contributed by atoms with Crippen LogP contribution in [0.15, 0.2) is 24.3 Å². The van der Waals surface area contributed by atoms with E-state index < -0.39 is 0 Å². The molecule has 1 atom stereocenters. The topological polar surface area (TPSA) is 66.6 Å². The summed E-state index contributed by atoms with van der Waals surface area (Å²) >= 11 is 0. The zero-order valence-corrected chi connectivity index (χ0v) is 12.0. The van der Waals surface area contributed by atoms with Gasteiger partial charge < -0.3 is 10.6 Å². The molecule has 1 heterocycles. The van der Waals surface area contributed by atoms with Crippen molar-refractivity contribution in [3.05, 3.63) is 29.8 Å². The molecule has 0 aliphatic carbocycles. The summed E-state index contributed by atoms with van der Waals surface area (Å²) in [4.78, 5) is 26.5. The molecule has 1 fully saturated rings. The van der Waals surface area contributed by atoms with Crippen LogP contribution in [-0.4, -0.2) is 43.4 Å². The third-order valence-electron chi connectivity index (χ3n) is 3.80. The third-order valence-corrected chi connectivity index (χ3v) is 3.80. The maximum Gasteiger partial charge on any atom is 0.248 e. The van der Waals surface area contributed by atoms with E-state index in [1.807, 2.05) is 23.1 Å². The monoisotopic (exact) mass is 275 g/mol. The number of likely N-dealkylation sites (N-methyl/N-ethyl adjacent to an activating group) is 1. The number of benzene rings is 1. The normalized spacial score (nSPS) is 17.6. The van der Waals surface area contributed by atoms with E-state index in [1.165, 1.54) is 17.5 Å². The smallest absolute Gasteiger partial charge is 0.248 e. The van der Waals surface area contributed by atoms with E-state index in [9.17, 15) is 9.59 Å². The van der Waals surface area contributed by atoms with E-state index in [-0.39, 0.29) is 24.9 Å². The van der Waals surface area contributed by atoms with Crippen LogP contribution in [0.1, 0.15) is 24.8 Å². The van der Waals surface area contributed by atoms with Crippen molar-refractivity contribution < 1.29 is 9.59 Å². The van der Waals surface area contributed by atoms with Gasteiger partial charge >= 0.3 is 0 Å². The van der Waals surface area contributed by atoms with Crippen LogP contribution in [-0.2, 0) is 9.59 Å². The number of hydrogen-bond acceptors (Lipinski definition) is 4. The number of carbonyl (C=O) groups is 2. The lowest BCUT2D eigenvalue weighted by atomic mass is 9.97. The van der Waals surface area contributed by atoms with Gasteiger partial charge in [0.2, 0.25) is 11.8 Å². The summed E-state index contributed by atoms with van der Waals surface area (Å²) in [7, 11) is 1.53. The Hall–Kier alpha value is -1.88. The van der Waals surface area contributed by atoms with Gasteiger partial charge in [0, 0.05) is 12.7 Å². The highest BCUT2D eigenvalue weighted by molar-refractivity contribution is 6.02. The largest absolute Gasteiger partial charge is 0.353 e. The van der Waals surface area contributed by atoms with Crippen LogP contribution in [0.4, 0.5) is 5.69 Å². The number of rotatable bonds is 4. The average Bonchev–Trinajstić information content (AvgIpc) is 2.44. The van der Waals surface area contributed by atoms with E-state index >= 15 is 0 Å². The first-order valence-electron chi connectivity index (χ1n) is 6.87. The Kier molecular flexibility index (Phi) is 4.39. The average molecular weight is 275 g/mol. The fourth-order valence-electron chi connectivity index (χ4n) is 2.36. The highest BCUT2D eigenvalue weighted by atomic mass is 16.2. The molecule has 0 spiro atoms. The molecule has 0 radical (unpaired) electrons. The van der Waals surface area contributed by atoms with Crippen molar-refractivity contribution in [1.82, 2.24) is 4.90 Å². The predicted octanol–water partition coefficient (Wildman–Crippen LogP) is 0.944. The standard InChI is InChI=1S/C15H21N3O2/c1-11(6-7-16)12-4-3-5-13(8-12)18-9-14(19)17(2)15(20)10-18/h3-5,8,11H,6-7,9-10,16H2,1-2H3. The van der Waals surface area contributed by atoms with Gasteiger partial charge in [-0.2, -0.15) is 0 Å². The molecular formula is C15H21N3O2. The van der Waals surface area contributed by atoms with Gasteiger partial charge in [0.25, 0.3) is 0 Å². The van der Waals surface area contributed by atoms with Gasteiger partial charge in [-0.15, -0.1) is 0 Å². The quantitative estimate of drug-likeness (QED) is 0.831. The molecule has 1 aliphatic rings. The molecule has 2 amide bonds. The molecule has 0 saturated carbocycles. The van der Waals surface area contributed by atoms with Gasteiger partial charge in [0.1, 0.15) is 0 Å². The minimum Gasteiger partial charge on any atom is -0.353 e. The van der Waals surface area contributed by atoms with Crippen molar-refractivity contribution in [2.75, 3.05) is 31.6 Å². The maximum absolute atomic E-state index is 11.8. The van der Waals surface area contributed by atoms with Crippen LogP contribution in [0, 0.1) is 0 Å². The van der Waals surface area contributed by atoms with E-state index in [0.29, 0.717) is 12.5 Å². The molecule has 1 unspecified atom stereocenters. The number of carbonyl (C=O) groups excluding carboxylic acids is 2. The first-order chi connectivity index (χ1) is 9.52. The summed E-state index contributed by atoms with van der Waals surface area (Å²) in [5.74, 6) is 0.0436. The Labute approximate surface area is 119 Å². The molecule has 0 aromatic heterocycles. The van der Waals surface area contributed by atoms with Gasteiger partial charge in [-0.1, -0.05) is 19.1 Å². The number of piperazine rings is 1. The van der Waals surface area contributed by atoms with Gasteiger partial charge in [-0.3, -0.25) is 14.5 Å². The fourth-order valence-corrected chi connectivity index (χ4v) is 2.36. The van der Waals surface area contributed by atoms with E-state index in [1.54, 1.807) is 0 Å². The highest BCUT2D eigenvalue weighted by Gasteiger charge is 2.28. The minimum atomic E-state index is -0.165. The van der Waals surface area contributed by atoms with Crippen molar-refractivity contribution in [2.45, 2.75) is 19.3 Å². The summed E-state index contributed by atoms with van der Waals surface area (Å²) in [6, 6.07) is 8.01. The van der Waals surface area contributed by atoms with Crippen molar-refractivity contribution in [3.8, 4) is 0 Å². The SMILES string of the molecule is CC(CCN)c1cccc(N2CC(=O)N(C)C(=O)C2)c1. The Morgan fingerprint density at radius 3 is 2.50 bits per heavy atom. The lowest BCUT2D eigenvalue weighted by Crippen LogP contribution is -2.52. The molecule has 1 aromatic rings. The maximum atomic E-state index is 11.8. The number of nitrogens with zero attached hydrogens (tertiary/aromatic N) is 2. The van der Waals surface area contributed by atoms with Crippen molar-refractivity contribution in [3.63, 3.8) is 0 Å². The minimum absolute atomic E-state index is 0.165. The second kappa shape index (κ2) is 6.05. The molecule has 5 heteroatoms. The van der Waals surface area contributed by atoms with Crippen molar-refractivity contribution in [2.24, 2.45) is 5.73 Å². The third kappa shape index (κ3) is 2.99. The summed E-state index contributed by atoms with van der Waals surface area (Å²) in [6.07, 6.45) is 0.921. The summed E-state index contributed by atoms with van der Waals surface area (Å²) in [5, 5.41) is 0. The molecule has 2 N–H and O–H groups in total. The number of hydrogen-bond donors (Lipinski definition) is 1. The Morgan fingerprint density at radius 1 is 1.25 bits per heavy atom. The summed E-state index contributed by atoms with van der Waals surface area (Å²) in [6.45, 7) is 3.27. The van der Waals surface area contributed by atoms with Gasteiger partial charge in [0.15, 0.2) is 0 Å². The molecule has 1 aromatic carbocycles. The van der Waals surface area contributed by atoms with Crippen LogP contribution in [0.3, 0.4) is 0 Å². The Morgan fingerprint density at radius 2 is 1.90 bits per heavy atom. The molecule has 0 bridgehead atoms. The number of nitrogens with two attached hydrogens (primary N) is 1. The van der Waals surface area contributed by atoms with E-state index in [2.05, 4.69) is 13.0 Å². The fraction of sp³-hybridized carbons (Fsp3) is 0.467. The number of anilines is 1. The van der Waals surface area contributed by atoms with Crippen LogP contribution < -0.4 is 10.6 Å². The second-order valence-electron chi connectivity index (χ2n) is 5.28. The molecular weight excluding hydrogens is 254 g/mol. The number of imide groups is 1. The van der Waals surface area contributed by atoms with Crippen molar-refractivity contribution >= 4 is 17.5 Å². The molecule has 1 saturated heterocycles. The van der Waals surface area contributed by atoms with Gasteiger partial charge in [0.05, 0.1) is 13.1 Å². The first kappa shape index (κ1) is 14.5. The zero-order chi connectivity index (χ0) is 14.7. The Bertz CT molecular complexity index is 498. The lowest BCUT2D eigenvalue weighted by molar-refractivity contribution is -0.143. The van der Waals surface area contributed by atoms with Crippen molar-refractivity contribution in [1.29, 1.82) is 0 Å². The lowest BCUT2D eigenvalue weighted by Gasteiger charge is -2.32. The highest BCUT2D eigenvalue weighted by Crippen LogP contribution is 2.24. The second-order valence-corrected chi connectivity index (χ2v) is 5.28. The predicted molar refractivity (Wildman–Crippen MR) is 78.5 cm³/mol. The van der Waals surface area contributed by atoms with Crippen LogP contribution >= 0.6 is 0 Å². The van der Waals surface area contributed by atoms with Crippen LogP contribution in [0.25, 0.3) is 0 Å². The van der Waals surface area contributed by atoms with Gasteiger partial charge in [-0.05, 0) is 36.6 Å². The van der Waals surface area contributed by atoms with Gasteiger partial charge in [-0.25, -0.2) is 0 Å². The van der Waals surface area contributed by atoms with E-state index in [4.69, 9.17) is 5.73 Å².